The van der Waals surface area contributed by atoms with Crippen molar-refractivity contribution in [2.45, 2.75) is 32.3 Å². The lowest BCUT2D eigenvalue weighted by Gasteiger charge is -2.31. The summed E-state index contributed by atoms with van der Waals surface area (Å²) < 4.78 is 5.26. The summed E-state index contributed by atoms with van der Waals surface area (Å²) in [6.45, 7) is 5.05. The molecule has 1 rings (SSSR count). The van der Waals surface area contributed by atoms with E-state index in [0.29, 0.717) is 19.5 Å². The van der Waals surface area contributed by atoms with E-state index < -0.39 is 5.60 Å². The Kier molecular flexibility index (Phi) is 4.29. The van der Waals surface area contributed by atoms with Crippen LogP contribution in [-0.2, 0) is 14.3 Å². The van der Waals surface area contributed by atoms with Crippen molar-refractivity contribution in [2.75, 3.05) is 26.7 Å². The zero-order valence-corrected chi connectivity index (χ0v) is 10.2. The summed E-state index contributed by atoms with van der Waals surface area (Å²) in [4.78, 5) is 25.1. The molecule has 0 aromatic rings. The monoisotopic (exact) mass is 228 g/mol. The molecule has 0 radical (unpaired) electrons. The largest absolute Gasteiger partial charge is 0.369 e. The van der Waals surface area contributed by atoms with Crippen molar-refractivity contribution in [3.05, 3.63) is 0 Å². The molecule has 1 aliphatic rings. The van der Waals surface area contributed by atoms with E-state index in [0.717, 1.165) is 6.42 Å². The molecule has 2 amide bonds. The lowest BCUT2D eigenvalue weighted by molar-refractivity contribution is -0.154. The second-order valence-corrected chi connectivity index (χ2v) is 4.22. The van der Waals surface area contributed by atoms with Crippen molar-refractivity contribution >= 4 is 11.8 Å². The maximum Gasteiger partial charge on any atom is 0.254 e. The highest BCUT2D eigenvalue weighted by molar-refractivity contribution is 5.89. The molecule has 0 bridgehead atoms. The summed E-state index contributed by atoms with van der Waals surface area (Å²) in [7, 11) is 1.53. The van der Waals surface area contributed by atoms with Gasteiger partial charge in [0.15, 0.2) is 0 Å². The van der Waals surface area contributed by atoms with E-state index in [1.165, 1.54) is 7.11 Å². The average Bonchev–Trinajstić information content (AvgIpc) is 2.51. The van der Waals surface area contributed by atoms with Gasteiger partial charge in [-0.2, -0.15) is 0 Å². The first kappa shape index (κ1) is 13.0. The summed E-state index contributed by atoms with van der Waals surface area (Å²) in [5.41, 5.74) is -0.815. The van der Waals surface area contributed by atoms with Crippen LogP contribution in [-0.4, -0.2) is 49.1 Å². The first-order valence-corrected chi connectivity index (χ1v) is 5.64. The van der Waals surface area contributed by atoms with Gasteiger partial charge in [0.25, 0.3) is 5.91 Å². The molecule has 0 spiro atoms. The summed E-state index contributed by atoms with van der Waals surface area (Å²) in [5, 5.41) is 2.74. The first-order valence-electron chi connectivity index (χ1n) is 5.64. The number of carbonyl (C=O) groups excluding carboxylic acids is 2. The van der Waals surface area contributed by atoms with Crippen LogP contribution in [0.25, 0.3) is 0 Å². The maximum atomic E-state index is 12.2. The van der Waals surface area contributed by atoms with Crippen LogP contribution in [0.5, 0.6) is 0 Å². The molecule has 0 aliphatic carbocycles. The molecule has 1 N–H and O–H groups in total. The molecule has 0 aromatic carbocycles. The SMILES string of the molecule is CCC(C)(OC)C(=O)N1CCCNC(=O)C1. The van der Waals surface area contributed by atoms with Gasteiger partial charge in [-0.25, -0.2) is 0 Å². The lowest BCUT2D eigenvalue weighted by Crippen LogP contribution is -2.50. The molecule has 5 heteroatoms. The van der Waals surface area contributed by atoms with Crippen LogP contribution < -0.4 is 5.32 Å². The van der Waals surface area contributed by atoms with Crippen LogP contribution in [0, 0.1) is 0 Å². The minimum Gasteiger partial charge on any atom is -0.369 e. The number of hydrogen-bond acceptors (Lipinski definition) is 3. The van der Waals surface area contributed by atoms with Crippen LogP contribution in [0.3, 0.4) is 0 Å². The van der Waals surface area contributed by atoms with Crippen LogP contribution in [0.2, 0.25) is 0 Å². The fourth-order valence-corrected chi connectivity index (χ4v) is 1.70. The Morgan fingerprint density at radius 3 is 2.88 bits per heavy atom. The third-order valence-corrected chi connectivity index (χ3v) is 3.13. The van der Waals surface area contributed by atoms with Crippen LogP contribution in [0.15, 0.2) is 0 Å². The Morgan fingerprint density at radius 2 is 2.31 bits per heavy atom. The minimum atomic E-state index is -0.815. The Labute approximate surface area is 96.1 Å². The van der Waals surface area contributed by atoms with E-state index >= 15 is 0 Å². The van der Waals surface area contributed by atoms with Crippen molar-refractivity contribution in [3.8, 4) is 0 Å². The summed E-state index contributed by atoms with van der Waals surface area (Å²) >= 11 is 0. The molecule has 1 atom stereocenters. The van der Waals surface area contributed by atoms with Crippen LogP contribution >= 0.6 is 0 Å². The Bertz CT molecular complexity index is 274. The number of methoxy groups -OCH3 is 1. The molecule has 92 valence electrons. The fraction of sp³-hybridized carbons (Fsp3) is 0.818. The molecule has 1 unspecified atom stereocenters. The first-order chi connectivity index (χ1) is 7.53. The predicted molar refractivity (Wildman–Crippen MR) is 59.9 cm³/mol. The number of ether oxygens (including phenoxy) is 1. The van der Waals surface area contributed by atoms with Gasteiger partial charge in [0.05, 0.1) is 6.54 Å². The van der Waals surface area contributed by atoms with Crippen molar-refractivity contribution < 1.29 is 14.3 Å². The highest BCUT2D eigenvalue weighted by atomic mass is 16.5. The number of hydrogen-bond donors (Lipinski definition) is 1. The minimum absolute atomic E-state index is 0.0968. The molecule has 0 saturated carbocycles. The molecule has 0 aromatic heterocycles. The molecule has 5 nitrogen and oxygen atoms in total. The molecule has 1 fully saturated rings. The quantitative estimate of drug-likeness (QED) is 0.748. The summed E-state index contributed by atoms with van der Waals surface area (Å²) in [6.07, 6.45) is 1.39. The Morgan fingerprint density at radius 1 is 1.62 bits per heavy atom. The third kappa shape index (κ3) is 2.72. The fourth-order valence-electron chi connectivity index (χ4n) is 1.70. The van der Waals surface area contributed by atoms with Gasteiger partial charge in [-0.05, 0) is 19.8 Å². The molecule has 16 heavy (non-hydrogen) atoms. The van der Waals surface area contributed by atoms with Gasteiger partial charge in [-0.15, -0.1) is 0 Å². The predicted octanol–water partition coefficient (Wildman–Crippen LogP) is 0.150. The van der Waals surface area contributed by atoms with Gasteiger partial charge in [-0.3, -0.25) is 9.59 Å². The van der Waals surface area contributed by atoms with E-state index in [9.17, 15) is 9.59 Å². The van der Waals surface area contributed by atoms with Gasteiger partial charge < -0.3 is 15.0 Å². The van der Waals surface area contributed by atoms with Gasteiger partial charge >= 0.3 is 0 Å². The zero-order chi connectivity index (χ0) is 12.2. The van der Waals surface area contributed by atoms with Gasteiger partial charge in [-0.1, -0.05) is 6.92 Å². The summed E-state index contributed by atoms with van der Waals surface area (Å²) in [6, 6.07) is 0. The second kappa shape index (κ2) is 5.30. The van der Waals surface area contributed by atoms with Gasteiger partial charge in [0.2, 0.25) is 5.91 Å². The number of nitrogens with one attached hydrogen (secondary N) is 1. The van der Waals surface area contributed by atoms with Crippen molar-refractivity contribution in [2.24, 2.45) is 0 Å². The smallest absolute Gasteiger partial charge is 0.254 e. The van der Waals surface area contributed by atoms with Crippen molar-refractivity contribution in [1.29, 1.82) is 0 Å². The van der Waals surface area contributed by atoms with Crippen LogP contribution in [0.4, 0.5) is 0 Å². The van der Waals surface area contributed by atoms with Crippen LogP contribution in [0.1, 0.15) is 26.7 Å². The van der Waals surface area contributed by atoms with Gasteiger partial charge in [0, 0.05) is 20.2 Å². The average molecular weight is 228 g/mol. The van der Waals surface area contributed by atoms with Gasteiger partial charge in [0.1, 0.15) is 5.60 Å². The van der Waals surface area contributed by atoms with E-state index in [1.807, 2.05) is 6.92 Å². The zero-order valence-electron chi connectivity index (χ0n) is 10.2. The maximum absolute atomic E-state index is 12.2. The number of nitrogens with zero attached hydrogens (tertiary/aromatic N) is 1. The molecular weight excluding hydrogens is 208 g/mol. The molecular formula is C11H20N2O3. The van der Waals surface area contributed by atoms with E-state index in [2.05, 4.69) is 5.32 Å². The van der Waals surface area contributed by atoms with E-state index in [1.54, 1.807) is 11.8 Å². The number of amides is 2. The number of carbonyl (C=O) groups is 2. The lowest BCUT2D eigenvalue weighted by atomic mass is 10.0. The van der Waals surface area contributed by atoms with Crippen molar-refractivity contribution in [3.63, 3.8) is 0 Å². The third-order valence-electron chi connectivity index (χ3n) is 3.13. The molecule has 1 aliphatic heterocycles. The normalized spacial score (nSPS) is 20.9. The molecule has 1 heterocycles. The highest BCUT2D eigenvalue weighted by Gasteiger charge is 2.36. The van der Waals surface area contributed by atoms with E-state index in [-0.39, 0.29) is 18.4 Å². The van der Waals surface area contributed by atoms with Crippen molar-refractivity contribution in [1.82, 2.24) is 10.2 Å². The number of rotatable bonds is 3. The van der Waals surface area contributed by atoms with E-state index in [4.69, 9.17) is 4.74 Å². The Balaban J connectivity index is 2.74. The second-order valence-electron chi connectivity index (χ2n) is 4.22. The molecule has 1 saturated heterocycles. The summed E-state index contributed by atoms with van der Waals surface area (Å²) in [5.74, 6) is -0.199. The standard InChI is InChI=1S/C11H20N2O3/c1-4-11(2,16-3)10(15)13-7-5-6-12-9(14)8-13/h4-8H2,1-3H3,(H,12,14). The highest BCUT2D eigenvalue weighted by Crippen LogP contribution is 2.18. The Hall–Kier alpha value is -1.10. The topological polar surface area (TPSA) is 58.6 Å².